The molecule has 0 aliphatic carbocycles. The summed E-state index contributed by atoms with van der Waals surface area (Å²) < 4.78 is 26.5. The molecule has 0 saturated carbocycles. The Labute approximate surface area is 175 Å². The fraction of sp³-hybridized carbons (Fsp3) is 0.292. The second-order valence-corrected chi connectivity index (χ2v) is 7.00. The fourth-order valence-electron chi connectivity index (χ4n) is 3.35. The standard InChI is InChI=1S/C24H26FNO4/c1-3-29-23(24(27)28)16-18-5-11-21(12-6-18)30-15-14-26-17(2)4-13-22(26)19-7-9-20(25)10-8-19/h4-13,23H,3,14-16H2,1-2H3,(H,27,28). The highest BCUT2D eigenvalue weighted by molar-refractivity contribution is 5.72. The third-order valence-electron chi connectivity index (χ3n) is 4.91. The Balaban J connectivity index is 1.59. The van der Waals surface area contributed by atoms with Crippen LogP contribution in [0.4, 0.5) is 4.39 Å². The number of carboxylic acids is 1. The van der Waals surface area contributed by atoms with Gasteiger partial charge in [0, 0.05) is 24.4 Å². The largest absolute Gasteiger partial charge is 0.492 e. The maximum absolute atomic E-state index is 13.2. The van der Waals surface area contributed by atoms with Crippen molar-refractivity contribution in [2.75, 3.05) is 13.2 Å². The quantitative estimate of drug-likeness (QED) is 0.525. The maximum atomic E-state index is 13.2. The van der Waals surface area contributed by atoms with Gasteiger partial charge in [-0.15, -0.1) is 0 Å². The first-order valence-corrected chi connectivity index (χ1v) is 9.96. The average molecular weight is 411 g/mol. The molecule has 0 amide bonds. The van der Waals surface area contributed by atoms with E-state index in [0.29, 0.717) is 26.2 Å². The molecular weight excluding hydrogens is 385 g/mol. The lowest BCUT2D eigenvalue weighted by atomic mass is 10.1. The van der Waals surface area contributed by atoms with Crippen LogP contribution >= 0.6 is 0 Å². The molecule has 0 fully saturated rings. The van der Waals surface area contributed by atoms with Gasteiger partial charge in [-0.2, -0.15) is 0 Å². The lowest BCUT2D eigenvalue weighted by Crippen LogP contribution is -2.26. The van der Waals surface area contributed by atoms with E-state index in [9.17, 15) is 14.3 Å². The Morgan fingerprint density at radius 2 is 1.77 bits per heavy atom. The summed E-state index contributed by atoms with van der Waals surface area (Å²) in [6.07, 6.45) is -0.532. The van der Waals surface area contributed by atoms with Gasteiger partial charge in [0.05, 0.1) is 6.54 Å². The number of hydrogen-bond acceptors (Lipinski definition) is 3. The van der Waals surface area contributed by atoms with E-state index in [0.717, 1.165) is 28.3 Å². The summed E-state index contributed by atoms with van der Waals surface area (Å²) in [5.41, 5.74) is 3.95. The van der Waals surface area contributed by atoms with Gasteiger partial charge in [-0.3, -0.25) is 0 Å². The van der Waals surface area contributed by atoms with E-state index in [1.165, 1.54) is 12.1 Å². The van der Waals surface area contributed by atoms with Crippen molar-refractivity contribution in [3.05, 3.63) is 77.7 Å². The van der Waals surface area contributed by atoms with Crippen LogP contribution in [0.15, 0.2) is 60.7 Å². The summed E-state index contributed by atoms with van der Waals surface area (Å²) in [5, 5.41) is 9.20. The van der Waals surface area contributed by atoms with Crippen molar-refractivity contribution in [2.24, 2.45) is 0 Å². The third kappa shape index (κ3) is 5.48. The zero-order valence-electron chi connectivity index (χ0n) is 17.2. The van der Waals surface area contributed by atoms with Crippen molar-refractivity contribution >= 4 is 5.97 Å². The van der Waals surface area contributed by atoms with Crippen molar-refractivity contribution in [1.29, 1.82) is 0 Å². The summed E-state index contributed by atoms with van der Waals surface area (Å²) in [4.78, 5) is 11.2. The van der Waals surface area contributed by atoms with Gasteiger partial charge in [0.1, 0.15) is 18.2 Å². The Morgan fingerprint density at radius 3 is 2.40 bits per heavy atom. The molecule has 0 bridgehead atoms. The second kappa shape index (κ2) is 10.1. The van der Waals surface area contributed by atoms with Gasteiger partial charge in [-0.05, 0) is 73.5 Å². The van der Waals surface area contributed by atoms with Gasteiger partial charge in [0.15, 0.2) is 6.10 Å². The van der Waals surface area contributed by atoms with E-state index < -0.39 is 12.1 Å². The molecule has 1 atom stereocenters. The van der Waals surface area contributed by atoms with Crippen molar-refractivity contribution in [1.82, 2.24) is 4.57 Å². The molecule has 158 valence electrons. The molecule has 0 aliphatic rings. The molecule has 3 aromatic rings. The number of carboxylic acid groups (broad SMARTS) is 1. The minimum atomic E-state index is -0.962. The number of rotatable bonds is 10. The first-order valence-electron chi connectivity index (χ1n) is 9.96. The zero-order chi connectivity index (χ0) is 21.5. The van der Waals surface area contributed by atoms with Gasteiger partial charge >= 0.3 is 5.97 Å². The smallest absolute Gasteiger partial charge is 0.333 e. The van der Waals surface area contributed by atoms with E-state index >= 15 is 0 Å². The molecule has 1 aromatic heterocycles. The lowest BCUT2D eigenvalue weighted by Gasteiger charge is -2.14. The lowest BCUT2D eigenvalue weighted by molar-refractivity contribution is -0.149. The third-order valence-corrected chi connectivity index (χ3v) is 4.91. The Bertz CT molecular complexity index is 964. The molecule has 0 aliphatic heterocycles. The molecule has 2 aromatic carbocycles. The van der Waals surface area contributed by atoms with E-state index in [-0.39, 0.29) is 5.82 Å². The zero-order valence-corrected chi connectivity index (χ0v) is 17.2. The molecule has 0 saturated heterocycles. The van der Waals surface area contributed by atoms with Crippen LogP contribution in [0.25, 0.3) is 11.3 Å². The number of nitrogens with zero attached hydrogens (tertiary/aromatic N) is 1. The van der Waals surface area contributed by atoms with Crippen molar-refractivity contribution < 1.29 is 23.8 Å². The highest BCUT2D eigenvalue weighted by atomic mass is 19.1. The topological polar surface area (TPSA) is 60.7 Å². The van der Waals surface area contributed by atoms with Crippen LogP contribution in [0.1, 0.15) is 18.2 Å². The molecule has 0 radical (unpaired) electrons. The summed E-state index contributed by atoms with van der Waals surface area (Å²) in [6, 6.07) is 17.9. The Morgan fingerprint density at radius 1 is 1.07 bits per heavy atom. The molecular formula is C24H26FNO4. The fourth-order valence-corrected chi connectivity index (χ4v) is 3.35. The molecule has 30 heavy (non-hydrogen) atoms. The number of hydrogen-bond donors (Lipinski definition) is 1. The van der Waals surface area contributed by atoms with Gasteiger partial charge < -0.3 is 19.1 Å². The average Bonchev–Trinajstić information content (AvgIpc) is 3.10. The van der Waals surface area contributed by atoms with Gasteiger partial charge in [0.2, 0.25) is 0 Å². The summed E-state index contributed by atoms with van der Waals surface area (Å²) in [6.45, 7) is 5.29. The SMILES string of the molecule is CCOC(Cc1ccc(OCCn2c(C)ccc2-c2ccc(F)cc2)cc1)C(=O)O. The van der Waals surface area contributed by atoms with E-state index in [4.69, 9.17) is 9.47 Å². The minimum absolute atomic E-state index is 0.253. The highest BCUT2D eigenvalue weighted by Gasteiger charge is 2.17. The van der Waals surface area contributed by atoms with Crippen LogP contribution in [-0.4, -0.2) is 35.0 Å². The molecule has 5 nitrogen and oxygen atoms in total. The van der Waals surface area contributed by atoms with Crippen molar-refractivity contribution in [2.45, 2.75) is 32.9 Å². The number of benzene rings is 2. The molecule has 0 spiro atoms. The molecule has 3 rings (SSSR count). The molecule has 1 heterocycles. The first kappa shape index (κ1) is 21.6. The van der Waals surface area contributed by atoms with E-state index in [1.54, 1.807) is 19.1 Å². The summed E-state index contributed by atoms with van der Waals surface area (Å²) in [5.74, 6) is -0.498. The second-order valence-electron chi connectivity index (χ2n) is 7.00. The van der Waals surface area contributed by atoms with Crippen LogP contribution in [-0.2, 0) is 22.5 Å². The number of aliphatic carboxylic acids is 1. The predicted molar refractivity (Wildman–Crippen MR) is 113 cm³/mol. The van der Waals surface area contributed by atoms with Crippen molar-refractivity contribution in [3.63, 3.8) is 0 Å². The van der Waals surface area contributed by atoms with Crippen LogP contribution in [0.2, 0.25) is 0 Å². The Kier molecular flexibility index (Phi) is 7.25. The molecule has 1 unspecified atom stereocenters. The summed E-state index contributed by atoms with van der Waals surface area (Å²) in [7, 11) is 0. The number of halogens is 1. The van der Waals surface area contributed by atoms with Gasteiger partial charge in [-0.1, -0.05) is 12.1 Å². The predicted octanol–water partition coefficient (Wildman–Crippen LogP) is 4.71. The van der Waals surface area contributed by atoms with Gasteiger partial charge in [-0.25, -0.2) is 9.18 Å². The Hall–Kier alpha value is -3.12. The first-order chi connectivity index (χ1) is 14.5. The minimum Gasteiger partial charge on any atom is -0.492 e. The molecule has 1 N–H and O–H groups in total. The van der Waals surface area contributed by atoms with Crippen molar-refractivity contribution in [3.8, 4) is 17.0 Å². The highest BCUT2D eigenvalue weighted by Crippen LogP contribution is 2.23. The van der Waals surface area contributed by atoms with E-state index in [1.807, 2.05) is 43.3 Å². The van der Waals surface area contributed by atoms with Crippen LogP contribution in [0.3, 0.4) is 0 Å². The summed E-state index contributed by atoms with van der Waals surface area (Å²) >= 11 is 0. The van der Waals surface area contributed by atoms with Crippen LogP contribution in [0, 0.1) is 12.7 Å². The molecule has 6 heteroatoms. The number of aryl methyl sites for hydroxylation is 1. The van der Waals surface area contributed by atoms with Gasteiger partial charge in [0.25, 0.3) is 0 Å². The van der Waals surface area contributed by atoms with Crippen LogP contribution < -0.4 is 4.74 Å². The maximum Gasteiger partial charge on any atom is 0.333 e. The van der Waals surface area contributed by atoms with E-state index in [2.05, 4.69) is 4.57 Å². The number of carbonyl (C=O) groups is 1. The number of aromatic nitrogens is 1. The normalized spacial score (nSPS) is 12.0. The number of ether oxygens (including phenoxy) is 2. The monoisotopic (exact) mass is 411 g/mol. The van der Waals surface area contributed by atoms with Crippen LogP contribution in [0.5, 0.6) is 5.75 Å².